The van der Waals surface area contributed by atoms with Crippen LogP contribution >= 0.6 is 24.0 Å². The van der Waals surface area contributed by atoms with Gasteiger partial charge in [-0.25, -0.2) is 0 Å². The lowest BCUT2D eigenvalue weighted by atomic mass is 10.3. The van der Waals surface area contributed by atoms with E-state index < -0.39 is 0 Å². The first-order chi connectivity index (χ1) is 9.63. The number of pyridine rings is 1. The molecule has 0 aliphatic heterocycles. The number of ether oxygens (including phenoxy) is 1. The van der Waals surface area contributed by atoms with Crippen molar-refractivity contribution in [3.63, 3.8) is 0 Å². The lowest BCUT2D eigenvalue weighted by molar-refractivity contribution is 0.179. The van der Waals surface area contributed by atoms with Gasteiger partial charge in [-0.2, -0.15) is 0 Å². The van der Waals surface area contributed by atoms with E-state index in [-0.39, 0.29) is 35.6 Å². The molecule has 0 saturated carbocycles. The van der Waals surface area contributed by atoms with Crippen LogP contribution in [-0.2, 0) is 11.3 Å². The van der Waals surface area contributed by atoms with Crippen molar-refractivity contribution >= 4 is 29.9 Å². The van der Waals surface area contributed by atoms with Crippen molar-refractivity contribution in [2.45, 2.75) is 32.4 Å². The molecular weight excluding hydrogens is 383 g/mol. The Morgan fingerprint density at radius 1 is 1.48 bits per heavy atom. The van der Waals surface area contributed by atoms with Crippen LogP contribution in [0, 0.1) is 0 Å². The van der Waals surface area contributed by atoms with Gasteiger partial charge in [0.25, 0.3) is 0 Å². The Morgan fingerprint density at radius 2 is 2.24 bits per heavy atom. The van der Waals surface area contributed by atoms with Crippen LogP contribution in [0.4, 0.5) is 0 Å². The highest BCUT2D eigenvalue weighted by Gasteiger charge is 2.01. The number of aliphatic imine (C=N–C) groups is 1. The van der Waals surface area contributed by atoms with Gasteiger partial charge in [0, 0.05) is 38.5 Å². The molecule has 0 aliphatic rings. The molecule has 1 unspecified atom stereocenters. The van der Waals surface area contributed by atoms with Gasteiger partial charge in [0.1, 0.15) is 0 Å². The minimum absolute atomic E-state index is 0. The van der Waals surface area contributed by atoms with Crippen molar-refractivity contribution in [1.29, 1.82) is 0 Å². The number of hydrogen-bond donors (Lipinski definition) is 2. The van der Waals surface area contributed by atoms with Crippen molar-refractivity contribution in [3.8, 4) is 0 Å². The molecule has 1 aromatic heterocycles. The van der Waals surface area contributed by atoms with Gasteiger partial charge in [-0.1, -0.05) is 6.07 Å². The smallest absolute Gasteiger partial charge is 0.250 e. The fourth-order valence-electron chi connectivity index (χ4n) is 1.83. The maximum absolute atomic E-state index is 11.5. The molecule has 0 aromatic carbocycles. The number of aryl methyl sites for hydroxylation is 1. The summed E-state index contributed by atoms with van der Waals surface area (Å²) < 4.78 is 6.70. The van der Waals surface area contributed by atoms with Gasteiger partial charge >= 0.3 is 0 Å². The largest absolute Gasteiger partial charge is 0.383 e. The van der Waals surface area contributed by atoms with E-state index in [1.807, 2.05) is 13.0 Å². The van der Waals surface area contributed by atoms with E-state index in [0.717, 1.165) is 12.8 Å². The SMILES string of the molecule is COCC(C)NC(N)=NCCCCn1ccccc1=O.I. The van der Waals surface area contributed by atoms with Gasteiger partial charge in [0.15, 0.2) is 5.96 Å². The standard InChI is InChI=1S/C14H24N4O2.HI/c1-12(11-20-2)17-14(15)16-8-4-6-10-18-9-5-3-7-13(18)19;/h3,5,7,9,12H,4,6,8,10-11H2,1-2H3,(H3,15,16,17);1H. The molecule has 0 saturated heterocycles. The zero-order valence-corrected chi connectivity index (χ0v) is 14.9. The van der Waals surface area contributed by atoms with Crippen molar-refractivity contribution in [2.24, 2.45) is 10.7 Å². The molecule has 120 valence electrons. The first-order valence-corrected chi connectivity index (χ1v) is 6.84. The predicted octanol–water partition coefficient (Wildman–Crippen LogP) is 1.19. The summed E-state index contributed by atoms with van der Waals surface area (Å²) in [6.07, 6.45) is 3.59. The number of nitrogens with two attached hydrogens (primary N) is 1. The van der Waals surface area contributed by atoms with Crippen LogP contribution in [0.3, 0.4) is 0 Å². The van der Waals surface area contributed by atoms with Crippen molar-refractivity contribution in [1.82, 2.24) is 9.88 Å². The van der Waals surface area contributed by atoms with E-state index in [4.69, 9.17) is 10.5 Å². The minimum Gasteiger partial charge on any atom is -0.383 e. The highest BCUT2D eigenvalue weighted by molar-refractivity contribution is 14.0. The number of aromatic nitrogens is 1. The minimum atomic E-state index is 0. The fraction of sp³-hybridized carbons (Fsp3) is 0.571. The first-order valence-electron chi connectivity index (χ1n) is 6.84. The van der Waals surface area contributed by atoms with Crippen molar-refractivity contribution in [3.05, 3.63) is 34.7 Å². The van der Waals surface area contributed by atoms with Crippen LogP contribution in [0.2, 0.25) is 0 Å². The average Bonchev–Trinajstić information content (AvgIpc) is 2.40. The van der Waals surface area contributed by atoms with Crippen LogP contribution in [-0.4, -0.2) is 36.8 Å². The number of methoxy groups -OCH3 is 1. The Bertz CT molecular complexity index is 476. The molecule has 3 N–H and O–H groups in total. The van der Waals surface area contributed by atoms with Crippen molar-refractivity contribution in [2.75, 3.05) is 20.3 Å². The third-order valence-corrected chi connectivity index (χ3v) is 2.80. The highest BCUT2D eigenvalue weighted by Crippen LogP contribution is 1.94. The molecule has 1 heterocycles. The molecule has 1 rings (SSSR count). The molecule has 0 aliphatic carbocycles. The molecule has 0 spiro atoms. The summed E-state index contributed by atoms with van der Waals surface area (Å²) >= 11 is 0. The van der Waals surface area contributed by atoms with Crippen LogP contribution in [0.25, 0.3) is 0 Å². The van der Waals surface area contributed by atoms with E-state index in [2.05, 4.69) is 10.3 Å². The predicted molar refractivity (Wildman–Crippen MR) is 96.3 cm³/mol. The second-order valence-electron chi connectivity index (χ2n) is 4.71. The van der Waals surface area contributed by atoms with E-state index in [1.165, 1.54) is 0 Å². The molecule has 0 fully saturated rings. The Hall–Kier alpha value is -1.09. The Kier molecular flexibility index (Phi) is 11.0. The normalized spacial score (nSPS) is 12.6. The number of nitrogens with one attached hydrogen (secondary N) is 1. The number of nitrogens with zero attached hydrogens (tertiary/aromatic N) is 2. The van der Waals surface area contributed by atoms with Crippen LogP contribution < -0.4 is 16.6 Å². The molecule has 0 radical (unpaired) electrons. The van der Waals surface area contributed by atoms with Gasteiger partial charge in [-0.05, 0) is 25.8 Å². The monoisotopic (exact) mass is 408 g/mol. The molecule has 0 amide bonds. The summed E-state index contributed by atoms with van der Waals surface area (Å²) in [4.78, 5) is 15.7. The van der Waals surface area contributed by atoms with Crippen molar-refractivity contribution < 1.29 is 4.74 Å². The van der Waals surface area contributed by atoms with E-state index in [0.29, 0.717) is 25.7 Å². The summed E-state index contributed by atoms with van der Waals surface area (Å²) in [5, 5.41) is 3.05. The number of unbranched alkanes of at least 4 members (excludes halogenated alkanes) is 1. The highest BCUT2D eigenvalue weighted by atomic mass is 127. The maximum atomic E-state index is 11.5. The third kappa shape index (κ3) is 8.71. The lowest BCUT2D eigenvalue weighted by Crippen LogP contribution is -2.40. The topological polar surface area (TPSA) is 81.6 Å². The van der Waals surface area contributed by atoms with Crippen LogP contribution in [0.1, 0.15) is 19.8 Å². The zero-order chi connectivity index (χ0) is 14.8. The molecule has 1 atom stereocenters. The van der Waals surface area contributed by atoms with Gasteiger partial charge in [-0.3, -0.25) is 9.79 Å². The van der Waals surface area contributed by atoms with Gasteiger partial charge in [0.05, 0.1) is 6.61 Å². The second kappa shape index (κ2) is 11.6. The van der Waals surface area contributed by atoms with E-state index >= 15 is 0 Å². The van der Waals surface area contributed by atoms with Crippen LogP contribution in [0.5, 0.6) is 0 Å². The molecule has 6 nitrogen and oxygen atoms in total. The summed E-state index contributed by atoms with van der Waals surface area (Å²) in [6, 6.07) is 5.32. The Morgan fingerprint density at radius 3 is 2.90 bits per heavy atom. The summed E-state index contributed by atoms with van der Waals surface area (Å²) in [7, 11) is 1.65. The van der Waals surface area contributed by atoms with Crippen LogP contribution in [0.15, 0.2) is 34.2 Å². The Labute approximate surface area is 142 Å². The molecule has 21 heavy (non-hydrogen) atoms. The summed E-state index contributed by atoms with van der Waals surface area (Å²) in [5.41, 5.74) is 5.78. The van der Waals surface area contributed by atoms with E-state index in [9.17, 15) is 4.79 Å². The summed E-state index contributed by atoms with van der Waals surface area (Å²) in [6.45, 7) is 3.93. The maximum Gasteiger partial charge on any atom is 0.250 e. The first kappa shape index (κ1) is 19.9. The zero-order valence-electron chi connectivity index (χ0n) is 12.6. The van der Waals surface area contributed by atoms with E-state index in [1.54, 1.807) is 30.0 Å². The number of halogens is 1. The third-order valence-electron chi connectivity index (χ3n) is 2.80. The van der Waals surface area contributed by atoms with Gasteiger partial charge in [0.2, 0.25) is 5.56 Å². The summed E-state index contributed by atoms with van der Waals surface area (Å²) in [5.74, 6) is 0.437. The second-order valence-corrected chi connectivity index (χ2v) is 4.71. The molecule has 0 bridgehead atoms. The number of rotatable bonds is 8. The lowest BCUT2D eigenvalue weighted by Gasteiger charge is -2.13. The van der Waals surface area contributed by atoms with Gasteiger partial charge in [-0.15, -0.1) is 24.0 Å². The molecular formula is C14H25IN4O2. The molecule has 7 heteroatoms. The number of hydrogen-bond acceptors (Lipinski definition) is 3. The van der Waals surface area contributed by atoms with Gasteiger partial charge < -0.3 is 20.4 Å². The average molecular weight is 408 g/mol. The fourth-order valence-corrected chi connectivity index (χ4v) is 1.83. The number of guanidine groups is 1. The Balaban J connectivity index is 0.00000400. The molecule has 1 aromatic rings. The quantitative estimate of drug-likeness (QED) is 0.293.